The summed E-state index contributed by atoms with van der Waals surface area (Å²) in [4.78, 5) is 0. The Kier molecular flexibility index (Phi) is 6.88. The molecule has 2 heterocycles. The smallest absolute Gasteiger partial charge is 0.0541 e. The van der Waals surface area contributed by atoms with E-state index < -0.39 is 0 Å². The lowest BCUT2D eigenvalue weighted by Gasteiger charge is -2.08. The summed E-state index contributed by atoms with van der Waals surface area (Å²) in [6, 6.07) is 39.5. The van der Waals surface area contributed by atoms with Gasteiger partial charge in [-0.2, -0.15) is 0 Å². The average molecular weight is 486 g/mol. The summed E-state index contributed by atoms with van der Waals surface area (Å²) in [5, 5.41) is 8.88. The van der Waals surface area contributed by atoms with Crippen molar-refractivity contribution in [2.45, 2.75) is 27.7 Å². The van der Waals surface area contributed by atoms with Crippen molar-refractivity contribution in [2.24, 2.45) is 0 Å². The van der Waals surface area contributed by atoms with Gasteiger partial charge >= 0.3 is 0 Å². The van der Waals surface area contributed by atoms with E-state index >= 15 is 0 Å². The van der Waals surface area contributed by atoms with Crippen molar-refractivity contribution in [2.75, 3.05) is 0 Å². The summed E-state index contributed by atoms with van der Waals surface area (Å²) < 4.78 is 3.71. The number of hydrogen-bond donors (Lipinski definition) is 0. The number of fused-ring (bicyclic) bond motifs is 6. The van der Waals surface area contributed by atoms with Gasteiger partial charge in [0, 0.05) is 32.1 Å². The van der Waals surface area contributed by atoms with E-state index in [9.17, 15) is 0 Å². The highest BCUT2D eigenvalue weighted by atomic mass is 32.1. The van der Waals surface area contributed by atoms with Crippen LogP contribution in [0.4, 0.5) is 0 Å². The monoisotopic (exact) mass is 485 g/mol. The number of thiophene rings is 1. The molecule has 0 aliphatic carbocycles. The van der Waals surface area contributed by atoms with Crippen LogP contribution in [-0.2, 0) is 0 Å². The van der Waals surface area contributed by atoms with Crippen molar-refractivity contribution in [3.8, 4) is 16.8 Å². The van der Waals surface area contributed by atoms with Crippen LogP contribution in [0.2, 0.25) is 0 Å². The van der Waals surface area contributed by atoms with Crippen LogP contribution in [0.15, 0.2) is 115 Å². The van der Waals surface area contributed by atoms with Crippen molar-refractivity contribution in [3.63, 3.8) is 0 Å². The molecule has 0 unspecified atom stereocenters. The standard InChI is InChI=1S/C30H19NS.2C2H6/c1-2-9-22(10-3-1)31-27-13-7-6-12-24(27)25-18-21(14-16-28(25)31)26-19-32-29-17-15-20-8-4-5-11-23(20)30(26)29;2*1-2/h1-19H;2*1-2H3. The zero-order valence-electron chi connectivity index (χ0n) is 21.3. The lowest BCUT2D eigenvalue weighted by atomic mass is 9.98. The molecule has 0 N–H and O–H groups in total. The van der Waals surface area contributed by atoms with E-state index in [0.29, 0.717) is 0 Å². The minimum atomic E-state index is 1.19. The van der Waals surface area contributed by atoms with Crippen LogP contribution < -0.4 is 0 Å². The fourth-order valence-electron chi connectivity index (χ4n) is 5.02. The minimum Gasteiger partial charge on any atom is -0.309 e. The maximum absolute atomic E-state index is 2.38. The molecule has 0 aliphatic rings. The van der Waals surface area contributed by atoms with Gasteiger partial charge in [-0.3, -0.25) is 0 Å². The third-order valence-corrected chi connectivity index (χ3v) is 7.41. The molecule has 0 atom stereocenters. The molecule has 2 heteroatoms. The highest BCUT2D eigenvalue weighted by Crippen LogP contribution is 2.41. The van der Waals surface area contributed by atoms with Crippen molar-refractivity contribution >= 4 is 54.0 Å². The number of hydrogen-bond acceptors (Lipinski definition) is 1. The van der Waals surface area contributed by atoms with Crippen molar-refractivity contribution in [3.05, 3.63) is 115 Å². The molecule has 5 aromatic carbocycles. The first kappa shape index (κ1) is 23.8. The molecular formula is C34H31NS. The molecule has 0 saturated heterocycles. The minimum absolute atomic E-state index is 1.19. The number of benzene rings is 5. The fraction of sp³-hybridized carbons (Fsp3) is 0.118. The number of para-hydroxylation sites is 2. The molecule has 0 bridgehead atoms. The Morgan fingerprint density at radius 3 is 2.03 bits per heavy atom. The first-order chi connectivity index (χ1) is 17.9. The Labute approximate surface area is 217 Å². The topological polar surface area (TPSA) is 4.93 Å². The van der Waals surface area contributed by atoms with E-state index in [1.54, 1.807) is 0 Å². The molecule has 0 aliphatic heterocycles. The van der Waals surface area contributed by atoms with Crippen LogP contribution in [-0.4, -0.2) is 4.57 Å². The maximum atomic E-state index is 2.38. The molecule has 7 rings (SSSR count). The molecular weight excluding hydrogens is 454 g/mol. The highest BCUT2D eigenvalue weighted by molar-refractivity contribution is 7.18. The SMILES string of the molecule is CC.CC.c1ccc(-n2c3ccccc3c3cc(-c4csc5ccc6ccccc6c45)ccc32)cc1. The van der Waals surface area contributed by atoms with Gasteiger partial charge in [0.1, 0.15) is 0 Å². The van der Waals surface area contributed by atoms with E-state index in [1.165, 1.54) is 59.5 Å². The molecule has 178 valence electrons. The summed E-state index contributed by atoms with van der Waals surface area (Å²) in [5.74, 6) is 0. The van der Waals surface area contributed by atoms with Gasteiger partial charge in [0.2, 0.25) is 0 Å². The predicted molar refractivity (Wildman–Crippen MR) is 162 cm³/mol. The zero-order valence-corrected chi connectivity index (χ0v) is 22.1. The van der Waals surface area contributed by atoms with Gasteiger partial charge in [-0.25, -0.2) is 0 Å². The van der Waals surface area contributed by atoms with Gasteiger partial charge in [0.05, 0.1) is 11.0 Å². The molecule has 0 saturated carbocycles. The second-order valence-electron chi connectivity index (χ2n) is 8.23. The van der Waals surface area contributed by atoms with Crippen LogP contribution in [0.3, 0.4) is 0 Å². The molecule has 36 heavy (non-hydrogen) atoms. The van der Waals surface area contributed by atoms with Crippen molar-refractivity contribution in [1.82, 2.24) is 4.57 Å². The van der Waals surface area contributed by atoms with Gasteiger partial charge in [0.15, 0.2) is 0 Å². The quantitative estimate of drug-likeness (QED) is 0.229. The largest absolute Gasteiger partial charge is 0.309 e. The Balaban J connectivity index is 0.000000637. The fourth-order valence-corrected chi connectivity index (χ4v) is 6.00. The third-order valence-electron chi connectivity index (χ3n) is 6.46. The molecule has 0 spiro atoms. The maximum Gasteiger partial charge on any atom is 0.0541 e. The van der Waals surface area contributed by atoms with Gasteiger partial charge in [-0.15, -0.1) is 11.3 Å². The summed E-state index contributed by atoms with van der Waals surface area (Å²) in [5.41, 5.74) is 6.27. The van der Waals surface area contributed by atoms with Crippen LogP contribution in [0, 0.1) is 0 Å². The summed E-state index contributed by atoms with van der Waals surface area (Å²) in [6.07, 6.45) is 0. The lowest BCUT2D eigenvalue weighted by Crippen LogP contribution is -1.92. The van der Waals surface area contributed by atoms with E-state index in [-0.39, 0.29) is 0 Å². The van der Waals surface area contributed by atoms with E-state index in [1.807, 2.05) is 39.0 Å². The molecule has 7 aromatic rings. The van der Waals surface area contributed by atoms with Gasteiger partial charge in [0.25, 0.3) is 0 Å². The zero-order chi connectivity index (χ0) is 25.1. The second kappa shape index (κ2) is 10.4. The predicted octanol–water partition coefficient (Wildman–Crippen LogP) is 10.9. The first-order valence-electron chi connectivity index (χ1n) is 12.9. The highest BCUT2D eigenvalue weighted by Gasteiger charge is 2.15. The van der Waals surface area contributed by atoms with Crippen molar-refractivity contribution in [1.29, 1.82) is 0 Å². The van der Waals surface area contributed by atoms with E-state index in [4.69, 9.17) is 0 Å². The molecule has 0 amide bonds. The van der Waals surface area contributed by atoms with Crippen LogP contribution in [0.1, 0.15) is 27.7 Å². The molecule has 0 fully saturated rings. The Hall–Kier alpha value is -3.88. The van der Waals surface area contributed by atoms with Gasteiger partial charge in [-0.05, 0) is 58.1 Å². The van der Waals surface area contributed by atoms with Crippen LogP contribution >= 0.6 is 11.3 Å². The number of nitrogens with zero attached hydrogens (tertiary/aromatic N) is 1. The van der Waals surface area contributed by atoms with Gasteiger partial charge < -0.3 is 4.57 Å². The summed E-state index contributed by atoms with van der Waals surface area (Å²) in [7, 11) is 0. The van der Waals surface area contributed by atoms with Gasteiger partial charge in [-0.1, -0.05) is 100 Å². The van der Waals surface area contributed by atoms with E-state index in [0.717, 1.165) is 0 Å². The van der Waals surface area contributed by atoms with Crippen LogP contribution in [0.25, 0.3) is 59.5 Å². The van der Waals surface area contributed by atoms with Crippen LogP contribution in [0.5, 0.6) is 0 Å². The Morgan fingerprint density at radius 1 is 0.556 bits per heavy atom. The Bertz CT molecular complexity index is 1770. The normalized spacial score (nSPS) is 10.8. The molecule has 0 radical (unpaired) electrons. The van der Waals surface area contributed by atoms with E-state index in [2.05, 4.69) is 119 Å². The average Bonchev–Trinajstić information content (AvgIpc) is 3.55. The lowest BCUT2D eigenvalue weighted by molar-refractivity contribution is 1.18. The molecule has 1 nitrogen and oxygen atoms in total. The summed E-state index contributed by atoms with van der Waals surface area (Å²) >= 11 is 1.83. The number of aromatic nitrogens is 1. The third kappa shape index (κ3) is 3.88. The summed E-state index contributed by atoms with van der Waals surface area (Å²) in [6.45, 7) is 8.00. The first-order valence-corrected chi connectivity index (χ1v) is 13.7. The number of rotatable bonds is 2. The molecule has 2 aromatic heterocycles. The second-order valence-corrected chi connectivity index (χ2v) is 9.14. The Morgan fingerprint density at radius 2 is 1.22 bits per heavy atom. The van der Waals surface area contributed by atoms with Crippen molar-refractivity contribution < 1.29 is 0 Å².